The van der Waals surface area contributed by atoms with Gasteiger partial charge >= 0.3 is 0 Å². The van der Waals surface area contributed by atoms with Crippen LogP contribution >= 0.6 is 0 Å². The summed E-state index contributed by atoms with van der Waals surface area (Å²) in [5.41, 5.74) is 1.08. The van der Waals surface area contributed by atoms with Crippen molar-refractivity contribution in [1.29, 1.82) is 0 Å². The molecule has 3 saturated heterocycles. The third-order valence-corrected chi connectivity index (χ3v) is 6.95. The van der Waals surface area contributed by atoms with E-state index in [-0.39, 0.29) is 11.4 Å². The molecule has 22 heavy (non-hydrogen) atoms. The first-order valence-electron chi connectivity index (χ1n) is 8.54. The SMILES string of the molecule is CC1(NC(=O)c2ccccc2)C2CC3CC1CN(C2)C3(C)C. The molecule has 1 aliphatic carbocycles. The molecule has 0 spiro atoms. The second-order valence-corrected chi connectivity index (χ2v) is 8.22. The van der Waals surface area contributed by atoms with Crippen molar-refractivity contribution in [2.75, 3.05) is 13.1 Å². The molecule has 0 radical (unpaired) electrons. The standard InChI is InChI=1S/C19H26N2O/c1-18(2)14-9-15-11-21(18)12-16(10-14)19(15,3)20-17(22)13-7-5-4-6-8-13/h4-8,14-16H,9-12H2,1-3H3,(H,20,22). The van der Waals surface area contributed by atoms with Crippen LogP contribution in [0.25, 0.3) is 0 Å². The first-order chi connectivity index (χ1) is 10.4. The van der Waals surface area contributed by atoms with E-state index in [0.29, 0.717) is 17.4 Å². The zero-order chi connectivity index (χ0) is 15.5. The molecule has 1 N–H and O–H groups in total. The Labute approximate surface area is 133 Å². The number of amides is 1. The van der Waals surface area contributed by atoms with E-state index in [9.17, 15) is 4.79 Å². The van der Waals surface area contributed by atoms with Gasteiger partial charge in [0.25, 0.3) is 5.91 Å². The molecule has 4 aliphatic rings. The number of carbonyl (C=O) groups excluding carboxylic acids is 1. The highest BCUT2D eigenvalue weighted by atomic mass is 16.1. The Morgan fingerprint density at radius 1 is 1.05 bits per heavy atom. The van der Waals surface area contributed by atoms with Crippen molar-refractivity contribution in [3.8, 4) is 0 Å². The van der Waals surface area contributed by atoms with Crippen molar-refractivity contribution in [3.63, 3.8) is 0 Å². The van der Waals surface area contributed by atoms with Gasteiger partial charge < -0.3 is 5.32 Å². The van der Waals surface area contributed by atoms with Crippen molar-refractivity contribution in [3.05, 3.63) is 35.9 Å². The maximum atomic E-state index is 12.6. The van der Waals surface area contributed by atoms with Crippen LogP contribution in [0.5, 0.6) is 0 Å². The molecule has 1 saturated carbocycles. The average Bonchev–Trinajstić information content (AvgIpc) is 2.46. The van der Waals surface area contributed by atoms with Crippen molar-refractivity contribution in [2.24, 2.45) is 17.8 Å². The highest BCUT2D eigenvalue weighted by molar-refractivity contribution is 5.94. The van der Waals surface area contributed by atoms with Gasteiger partial charge in [-0.15, -0.1) is 0 Å². The number of piperidine rings is 3. The minimum absolute atomic E-state index is 0.0452. The van der Waals surface area contributed by atoms with Crippen molar-refractivity contribution < 1.29 is 4.79 Å². The van der Waals surface area contributed by atoms with Gasteiger partial charge in [-0.2, -0.15) is 0 Å². The second-order valence-electron chi connectivity index (χ2n) is 8.22. The lowest BCUT2D eigenvalue weighted by molar-refractivity contribution is -0.151. The van der Waals surface area contributed by atoms with Gasteiger partial charge in [0.05, 0.1) is 0 Å². The first kappa shape index (κ1) is 14.3. The summed E-state index contributed by atoms with van der Waals surface area (Å²) in [5.74, 6) is 2.05. The molecule has 3 heteroatoms. The van der Waals surface area contributed by atoms with Gasteiger partial charge in [-0.3, -0.25) is 9.69 Å². The number of hydrogen-bond donors (Lipinski definition) is 1. The summed E-state index contributed by atoms with van der Waals surface area (Å²) in [5, 5.41) is 3.42. The van der Waals surface area contributed by atoms with Gasteiger partial charge in [-0.1, -0.05) is 18.2 Å². The van der Waals surface area contributed by atoms with Crippen LogP contribution in [0.2, 0.25) is 0 Å². The van der Waals surface area contributed by atoms with Crippen LogP contribution in [0.3, 0.4) is 0 Å². The highest BCUT2D eigenvalue weighted by Crippen LogP contribution is 2.55. The number of carbonyl (C=O) groups is 1. The molecule has 1 amide bonds. The van der Waals surface area contributed by atoms with Crippen LogP contribution in [-0.2, 0) is 0 Å². The lowest BCUT2D eigenvalue weighted by Crippen LogP contribution is -2.75. The van der Waals surface area contributed by atoms with Crippen LogP contribution in [0.4, 0.5) is 0 Å². The second kappa shape index (κ2) is 4.58. The fourth-order valence-electron chi connectivity index (χ4n) is 5.16. The third-order valence-electron chi connectivity index (χ3n) is 6.95. The van der Waals surface area contributed by atoms with Gasteiger partial charge in [0.15, 0.2) is 0 Å². The van der Waals surface area contributed by atoms with E-state index < -0.39 is 0 Å². The number of nitrogens with one attached hydrogen (secondary N) is 1. The normalized spacial score (nSPS) is 41.4. The zero-order valence-electron chi connectivity index (χ0n) is 13.8. The predicted octanol–water partition coefficient (Wildman–Crippen LogP) is 2.93. The molecular weight excluding hydrogens is 272 g/mol. The fraction of sp³-hybridized carbons (Fsp3) is 0.632. The van der Waals surface area contributed by atoms with Crippen LogP contribution in [0, 0.1) is 17.8 Å². The molecule has 3 heterocycles. The zero-order valence-corrected chi connectivity index (χ0v) is 13.8. The van der Waals surface area contributed by atoms with Crippen LogP contribution in [0.15, 0.2) is 30.3 Å². The summed E-state index contributed by atoms with van der Waals surface area (Å²) in [4.78, 5) is 15.3. The fourth-order valence-corrected chi connectivity index (χ4v) is 5.16. The van der Waals surface area contributed by atoms with Gasteiger partial charge in [-0.25, -0.2) is 0 Å². The molecular formula is C19H26N2O. The summed E-state index contributed by atoms with van der Waals surface area (Å²) >= 11 is 0. The Morgan fingerprint density at radius 2 is 1.64 bits per heavy atom. The molecule has 2 unspecified atom stereocenters. The third kappa shape index (κ3) is 1.88. The van der Waals surface area contributed by atoms with E-state index in [1.807, 2.05) is 30.3 Å². The molecule has 3 aliphatic heterocycles. The molecule has 1 aromatic carbocycles. The van der Waals surface area contributed by atoms with Gasteiger partial charge in [0, 0.05) is 29.7 Å². The van der Waals surface area contributed by atoms with Crippen molar-refractivity contribution in [2.45, 2.75) is 44.7 Å². The lowest BCUT2D eigenvalue weighted by atomic mass is 9.53. The largest absolute Gasteiger partial charge is 0.346 e. The molecule has 3 nitrogen and oxygen atoms in total. The predicted molar refractivity (Wildman–Crippen MR) is 87.7 cm³/mol. The Balaban J connectivity index is 1.57. The van der Waals surface area contributed by atoms with Crippen LogP contribution < -0.4 is 5.32 Å². The molecule has 1 aromatic rings. The van der Waals surface area contributed by atoms with Gasteiger partial charge in [0.2, 0.25) is 0 Å². The van der Waals surface area contributed by atoms with E-state index >= 15 is 0 Å². The maximum absolute atomic E-state index is 12.6. The lowest BCUT2D eigenvalue weighted by Gasteiger charge is -2.67. The first-order valence-corrected chi connectivity index (χ1v) is 8.54. The summed E-state index contributed by atoms with van der Waals surface area (Å²) in [6.07, 6.45) is 2.51. The maximum Gasteiger partial charge on any atom is 0.251 e. The Kier molecular flexibility index (Phi) is 2.96. The van der Waals surface area contributed by atoms with Crippen molar-refractivity contribution >= 4 is 5.91 Å². The van der Waals surface area contributed by atoms with E-state index in [1.165, 1.54) is 12.8 Å². The van der Waals surface area contributed by atoms with Crippen LogP contribution in [0.1, 0.15) is 44.0 Å². The Hall–Kier alpha value is -1.35. The van der Waals surface area contributed by atoms with Gasteiger partial charge in [0.1, 0.15) is 0 Å². The Morgan fingerprint density at radius 3 is 2.18 bits per heavy atom. The van der Waals surface area contributed by atoms with E-state index in [0.717, 1.165) is 24.6 Å². The Bertz CT molecular complexity index is 561. The molecule has 5 rings (SSSR count). The quantitative estimate of drug-likeness (QED) is 0.910. The number of benzene rings is 1. The topological polar surface area (TPSA) is 32.3 Å². The van der Waals surface area contributed by atoms with E-state index in [1.54, 1.807) is 0 Å². The van der Waals surface area contributed by atoms with E-state index in [2.05, 4.69) is 31.0 Å². The summed E-state index contributed by atoms with van der Waals surface area (Å²) in [6.45, 7) is 9.34. The summed E-state index contributed by atoms with van der Waals surface area (Å²) in [6, 6.07) is 9.63. The van der Waals surface area contributed by atoms with E-state index in [4.69, 9.17) is 0 Å². The minimum Gasteiger partial charge on any atom is -0.346 e. The summed E-state index contributed by atoms with van der Waals surface area (Å²) < 4.78 is 0. The average molecular weight is 298 g/mol. The molecule has 4 fully saturated rings. The number of nitrogens with zero attached hydrogens (tertiary/aromatic N) is 1. The summed E-state index contributed by atoms with van der Waals surface area (Å²) in [7, 11) is 0. The highest BCUT2D eigenvalue weighted by Gasteiger charge is 2.60. The molecule has 118 valence electrons. The molecule has 4 bridgehead atoms. The number of hydrogen-bond acceptors (Lipinski definition) is 2. The number of rotatable bonds is 2. The molecule has 0 aromatic heterocycles. The van der Waals surface area contributed by atoms with Gasteiger partial charge in [-0.05, 0) is 63.5 Å². The minimum atomic E-state index is -0.0452. The van der Waals surface area contributed by atoms with Crippen molar-refractivity contribution in [1.82, 2.24) is 10.2 Å². The van der Waals surface area contributed by atoms with Crippen LogP contribution in [-0.4, -0.2) is 35.0 Å². The smallest absolute Gasteiger partial charge is 0.251 e. The molecule has 2 atom stereocenters. The monoisotopic (exact) mass is 298 g/mol.